The molecule has 76 valence electrons. The van der Waals surface area contributed by atoms with Gasteiger partial charge in [0, 0.05) is 12.6 Å². The Balaban J connectivity index is 2.63. The number of aryl methyl sites for hydroxylation is 3. The van der Waals surface area contributed by atoms with Crippen LogP contribution in [-0.2, 0) is 0 Å². The van der Waals surface area contributed by atoms with E-state index in [1.165, 1.54) is 0 Å². The van der Waals surface area contributed by atoms with E-state index in [0.717, 1.165) is 11.4 Å². The van der Waals surface area contributed by atoms with E-state index in [1.807, 2.05) is 26.0 Å². The molecule has 0 N–H and O–H groups in total. The summed E-state index contributed by atoms with van der Waals surface area (Å²) in [6, 6.07) is 3.90. The molecule has 5 nitrogen and oxygen atoms in total. The molecule has 0 unspecified atom stereocenters. The topological polar surface area (TPSA) is 67.6 Å². The maximum absolute atomic E-state index is 8.88. The third-order valence-corrected chi connectivity index (χ3v) is 2.02. The van der Waals surface area contributed by atoms with E-state index in [0.29, 0.717) is 11.8 Å². The van der Waals surface area contributed by atoms with Crippen molar-refractivity contribution in [3.63, 3.8) is 0 Å². The van der Waals surface area contributed by atoms with Crippen LogP contribution in [0.5, 0.6) is 0 Å². The zero-order chi connectivity index (χ0) is 11.0. The molecule has 0 saturated heterocycles. The van der Waals surface area contributed by atoms with E-state index < -0.39 is 0 Å². The minimum atomic E-state index is 0.263. The van der Waals surface area contributed by atoms with Crippen LogP contribution in [0.3, 0.4) is 0 Å². The third kappa shape index (κ3) is 1.50. The summed E-state index contributed by atoms with van der Waals surface area (Å²) >= 11 is 0. The lowest BCUT2D eigenvalue weighted by atomic mass is 10.4. The molecule has 0 bridgehead atoms. The predicted molar refractivity (Wildman–Crippen MR) is 52.6 cm³/mol. The van der Waals surface area contributed by atoms with Gasteiger partial charge in [0.15, 0.2) is 5.89 Å². The quantitative estimate of drug-likeness (QED) is 0.705. The standard InChI is InChI=1S/C10H10N4O/c1-6-4-7(2)14(13-6)10-9(5-11)12-8(3)15-10/h4H,1-3H3. The van der Waals surface area contributed by atoms with E-state index in [1.54, 1.807) is 11.6 Å². The van der Waals surface area contributed by atoms with Crippen LogP contribution in [0.4, 0.5) is 0 Å². The summed E-state index contributed by atoms with van der Waals surface area (Å²) in [5.74, 6) is 0.856. The maximum atomic E-state index is 8.88. The molecule has 0 aromatic carbocycles. The van der Waals surface area contributed by atoms with Crippen LogP contribution in [0, 0.1) is 32.1 Å². The van der Waals surface area contributed by atoms with Gasteiger partial charge in [0.1, 0.15) is 6.07 Å². The Labute approximate surface area is 87.0 Å². The van der Waals surface area contributed by atoms with Gasteiger partial charge in [-0.15, -0.1) is 0 Å². The zero-order valence-corrected chi connectivity index (χ0v) is 8.77. The summed E-state index contributed by atoms with van der Waals surface area (Å²) in [6.45, 7) is 5.49. The van der Waals surface area contributed by atoms with Crippen LogP contribution in [0.25, 0.3) is 5.88 Å². The first kappa shape index (κ1) is 9.46. The molecule has 2 aromatic heterocycles. The molecular formula is C10H10N4O. The first-order valence-electron chi connectivity index (χ1n) is 4.53. The Morgan fingerprint density at radius 1 is 1.40 bits per heavy atom. The van der Waals surface area contributed by atoms with E-state index in [9.17, 15) is 0 Å². The number of aromatic nitrogens is 3. The largest absolute Gasteiger partial charge is 0.422 e. The minimum Gasteiger partial charge on any atom is -0.422 e. The third-order valence-electron chi connectivity index (χ3n) is 2.02. The fourth-order valence-corrected chi connectivity index (χ4v) is 1.47. The van der Waals surface area contributed by atoms with E-state index in [2.05, 4.69) is 10.1 Å². The van der Waals surface area contributed by atoms with Crippen LogP contribution in [0.15, 0.2) is 10.5 Å². The highest BCUT2D eigenvalue weighted by Crippen LogP contribution is 2.17. The lowest BCUT2D eigenvalue weighted by Crippen LogP contribution is -1.99. The Hall–Kier alpha value is -2.09. The molecule has 2 aromatic rings. The van der Waals surface area contributed by atoms with Crippen molar-refractivity contribution >= 4 is 0 Å². The highest BCUT2D eigenvalue weighted by molar-refractivity contribution is 5.37. The summed E-state index contributed by atoms with van der Waals surface area (Å²) in [5, 5.41) is 13.1. The average molecular weight is 202 g/mol. The summed E-state index contributed by atoms with van der Waals surface area (Å²) < 4.78 is 6.94. The lowest BCUT2D eigenvalue weighted by molar-refractivity contribution is 0.484. The number of hydrogen-bond donors (Lipinski definition) is 0. The first-order chi connectivity index (χ1) is 7.11. The summed E-state index contributed by atoms with van der Waals surface area (Å²) in [6.07, 6.45) is 0. The Morgan fingerprint density at radius 3 is 2.67 bits per heavy atom. The van der Waals surface area contributed by atoms with Gasteiger partial charge < -0.3 is 4.42 Å². The molecule has 0 fully saturated rings. The number of hydrogen-bond acceptors (Lipinski definition) is 4. The van der Waals surface area contributed by atoms with E-state index >= 15 is 0 Å². The van der Waals surface area contributed by atoms with Crippen molar-refractivity contribution in [1.29, 1.82) is 5.26 Å². The maximum Gasteiger partial charge on any atom is 0.259 e. The molecule has 2 heterocycles. The SMILES string of the molecule is Cc1cc(C)n(-c2oc(C)nc2C#N)n1. The molecule has 0 saturated carbocycles. The fraction of sp³-hybridized carbons (Fsp3) is 0.300. The van der Waals surface area contributed by atoms with Gasteiger partial charge in [-0.2, -0.15) is 10.4 Å². The Kier molecular flexibility index (Phi) is 2.05. The molecule has 0 aliphatic carbocycles. The second kappa shape index (κ2) is 3.24. The van der Waals surface area contributed by atoms with Gasteiger partial charge in [-0.3, -0.25) is 0 Å². The van der Waals surface area contributed by atoms with Crippen LogP contribution in [-0.4, -0.2) is 14.8 Å². The molecule has 0 spiro atoms. The van der Waals surface area contributed by atoms with Crippen molar-refractivity contribution < 1.29 is 4.42 Å². The molecule has 2 rings (SSSR count). The fourth-order valence-electron chi connectivity index (χ4n) is 1.47. The minimum absolute atomic E-state index is 0.263. The molecule has 15 heavy (non-hydrogen) atoms. The Morgan fingerprint density at radius 2 is 2.13 bits per heavy atom. The van der Waals surface area contributed by atoms with Crippen molar-refractivity contribution in [3.8, 4) is 12.0 Å². The molecule has 0 atom stereocenters. The number of oxazole rings is 1. The summed E-state index contributed by atoms with van der Waals surface area (Å²) in [5.41, 5.74) is 2.06. The molecule has 0 aliphatic heterocycles. The van der Waals surface area contributed by atoms with Crippen molar-refractivity contribution in [3.05, 3.63) is 29.0 Å². The van der Waals surface area contributed by atoms with Crippen LogP contribution < -0.4 is 0 Å². The molecular weight excluding hydrogens is 192 g/mol. The zero-order valence-electron chi connectivity index (χ0n) is 8.77. The monoisotopic (exact) mass is 202 g/mol. The van der Waals surface area contributed by atoms with Crippen LogP contribution in [0.2, 0.25) is 0 Å². The highest BCUT2D eigenvalue weighted by Gasteiger charge is 2.15. The molecule has 5 heteroatoms. The van der Waals surface area contributed by atoms with Crippen molar-refractivity contribution in [2.24, 2.45) is 0 Å². The lowest BCUT2D eigenvalue weighted by Gasteiger charge is -1.97. The normalized spacial score (nSPS) is 10.3. The van der Waals surface area contributed by atoms with Gasteiger partial charge in [-0.05, 0) is 19.9 Å². The van der Waals surface area contributed by atoms with Gasteiger partial charge in [-0.1, -0.05) is 0 Å². The Bertz CT molecular complexity index is 544. The van der Waals surface area contributed by atoms with Gasteiger partial charge in [0.05, 0.1) is 5.69 Å². The van der Waals surface area contributed by atoms with Crippen LogP contribution >= 0.6 is 0 Å². The second-order valence-electron chi connectivity index (χ2n) is 3.34. The molecule has 0 radical (unpaired) electrons. The number of nitrogens with zero attached hydrogens (tertiary/aromatic N) is 4. The van der Waals surface area contributed by atoms with Gasteiger partial charge in [0.2, 0.25) is 5.69 Å². The van der Waals surface area contributed by atoms with Gasteiger partial charge in [-0.25, -0.2) is 9.67 Å². The smallest absolute Gasteiger partial charge is 0.259 e. The second-order valence-corrected chi connectivity index (χ2v) is 3.34. The van der Waals surface area contributed by atoms with E-state index in [-0.39, 0.29) is 5.69 Å². The van der Waals surface area contributed by atoms with Crippen molar-refractivity contribution in [2.45, 2.75) is 20.8 Å². The van der Waals surface area contributed by atoms with Gasteiger partial charge >= 0.3 is 0 Å². The highest BCUT2D eigenvalue weighted by atomic mass is 16.4. The van der Waals surface area contributed by atoms with Crippen molar-refractivity contribution in [1.82, 2.24) is 14.8 Å². The summed E-state index contributed by atoms with van der Waals surface area (Å²) in [7, 11) is 0. The average Bonchev–Trinajstić information content (AvgIpc) is 2.69. The number of nitriles is 1. The first-order valence-corrected chi connectivity index (χ1v) is 4.53. The van der Waals surface area contributed by atoms with Crippen molar-refractivity contribution in [2.75, 3.05) is 0 Å². The summed E-state index contributed by atoms with van der Waals surface area (Å²) in [4.78, 5) is 3.97. The molecule has 0 amide bonds. The van der Waals surface area contributed by atoms with Crippen LogP contribution in [0.1, 0.15) is 23.0 Å². The molecule has 0 aliphatic rings. The predicted octanol–water partition coefficient (Wildman–Crippen LogP) is 1.66. The number of rotatable bonds is 1. The van der Waals surface area contributed by atoms with E-state index in [4.69, 9.17) is 9.68 Å². The van der Waals surface area contributed by atoms with Gasteiger partial charge in [0.25, 0.3) is 5.88 Å².